The van der Waals surface area contributed by atoms with Gasteiger partial charge in [-0.05, 0) is 38.0 Å². The largest absolute Gasteiger partial charge is 0.497 e. The fourth-order valence-corrected chi connectivity index (χ4v) is 3.64. The lowest BCUT2D eigenvalue weighted by Crippen LogP contribution is -2.25. The zero-order valence-corrected chi connectivity index (χ0v) is 19.0. The molecule has 3 aromatic rings. The smallest absolute Gasteiger partial charge is 0.297 e. The van der Waals surface area contributed by atoms with E-state index in [0.29, 0.717) is 24.7 Å². The highest BCUT2D eigenvalue weighted by atomic mass is 16.5. The second kappa shape index (κ2) is 10.9. The fraction of sp³-hybridized carbons (Fsp3) is 0.423. The van der Waals surface area contributed by atoms with Crippen LogP contribution in [0.5, 0.6) is 17.2 Å². The van der Waals surface area contributed by atoms with Crippen molar-refractivity contribution in [2.24, 2.45) is 0 Å². The van der Waals surface area contributed by atoms with E-state index in [2.05, 4.69) is 6.92 Å². The highest BCUT2D eigenvalue weighted by Gasteiger charge is 2.21. The van der Waals surface area contributed by atoms with Crippen LogP contribution in [0.2, 0.25) is 0 Å². The Hall–Kier alpha value is -2.95. The number of hydrogen-bond acceptors (Lipinski definition) is 4. The minimum Gasteiger partial charge on any atom is -0.497 e. The van der Waals surface area contributed by atoms with Gasteiger partial charge in [0.1, 0.15) is 12.4 Å². The summed E-state index contributed by atoms with van der Waals surface area (Å²) >= 11 is 0. The first-order valence-corrected chi connectivity index (χ1v) is 11.1. The molecule has 0 saturated carbocycles. The molecule has 0 N–H and O–H groups in total. The monoisotopic (exact) mass is 423 g/mol. The van der Waals surface area contributed by atoms with Gasteiger partial charge in [-0.25, -0.2) is 0 Å². The van der Waals surface area contributed by atoms with E-state index in [1.165, 1.54) is 0 Å². The summed E-state index contributed by atoms with van der Waals surface area (Å²) in [7, 11) is 1.63. The number of methoxy groups -OCH3 is 1. The number of nitrogens with zero attached hydrogens (tertiary/aromatic N) is 1. The van der Waals surface area contributed by atoms with E-state index in [1.807, 2.05) is 62.4 Å². The molecule has 2 aromatic carbocycles. The molecule has 0 spiro atoms. The molecule has 3 rings (SSSR count). The first-order chi connectivity index (χ1) is 15.0. The van der Waals surface area contributed by atoms with E-state index in [9.17, 15) is 4.79 Å². The predicted octanol–water partition coefficient (Wildman–Crippen LogP) is 5.96. The molecule has 0 amide bonds. The Morgan fingerprint density at radius 1 is 0.968 bits per heavy atom. The Morgan fingerprint density at radius 3 is 2.42 bits per heavy atom. The average Bonchev–Trinajstić information content (AvgIpc) is 2.78. The van der Waals surface area contributed by atoms with Crippen molar-refractivity contribution in [2.75, 3.05) is 7.11 Å². The Kier molecular flexibility index (Phi) is 7.99. The van der Waals surface area contributed by atoms with Crippen molar-refractivity contribution in [3.05, 3.63) is 64.4 Å². The Labute approximate surface area is 184 Å². The van der Waals surface area contributed by atoms with Crippen molar-refractivity contribution in [1.82, 2.24) is 4.57 Å². The topological polar surface area (TPSA) is 49.7 Å². The molecule has 0 unspecified atom stereocenters. The van der Waals surface area contributed by atoms with Crippen LogP contribution in [0.3, 0.4) is 0 Å². The maximum atomic E-state index is 13.5. The molecule has 0 saturated heterocycles. The van der Waals surface area contributed by atoms with Crippen LogP contribution in [0.4, 0.5) is 0 Å². The molecule has 5 heteroatoms. The third kappa shape index (κ3) is 5.60. The second-order valence-corrected chi connectivity index (χ2v) is 8.00. The highest BCUT2D eigenvalue weighted by Crippen LogP contribution is 2.36. The van der Waals surface area contributed by atoms with Crippen molar-refractivity contribution in [3.63, 3.8) is 0 Å². The molecule has 0 radical (unpaired) electrons. The van der Waals surface area contributed by atoms with Crippen LogP contribution in [0.1, 0.15) is 52.0 Å². The summed E-state index contributed by atoms with van der Waals surface area (Å²) < 4.78 is 19.5. The van der Waals surface area contributed by atoms with E-state index >= 15 is 0 Å². The molecule has 1 aromatic heterocycles. The summed E-state index contributed by atoms with van der Waals surface area (Å²) in [5.41, 5.74) is 1.68. The van der Waals surface area contributed by atoms with E-state index < -0.39 is 0 Å². The summed E-state index contributed by atoms with van der Waals surface area (Å²) in [5, 5.41) is 0.850. The van der Waals surface area contributed by atoms with Crippen LogP contribution in [0.15, 0.2) is 53.3 Å². The van der Waals surface area contributed by atoms with Gasteiger partial charge in [0.2, 0.25) is 5.75 Å². The standard InChI is InChI=1S/C26H33NO4/c1-5-6-7-11-16-27-23-17-21(29-4)14-15-22(23)24(25(26(27)28)31-19(2)3)30-18-20-12-9-8-10-13-20/h8-10,12-15,17,19H,5-7,11,16,18H2,1-4H3. The lowest BCUT2D eigenvalue weighted by Gasteiger charge is -2.20. The molecule has 166 valence electrons. The Balaban J connectivity index is 2.11. The van der Waals surface area contributed by atoms with Crippen LogP contribution in [-0.4, -0.2) is 17.8 Å². The molecule has 0 aliphatic rings. The molecule has 31 heavy (non-hydrogen) atoms. The molecule has 0 aliphatic carbocycles. The minimum atomic E-state index is -0.158. The summed E-state index contributed by atoms with van der Waals surface area (Å²) in [6.07, 6.45) is 4.18. The van der Waals surface area contributed by atoms with Gasteiger partial charge < -0.3 is 18.8 Å². The first kappa shape index (κ1) is 22.7. The van der Waals surface area contributed by atoms with E-state index in [1.54, 1.807) is 11.7 Å². The molecule has 1 heterocycles. The number of unbranched alkanes of at least 4 members (excludes halogenated alkanes) is 3. The predicted molar refractivity (Wildman–Crippen MR) is 125 cm³/mol. The highest BCUT2D eigenvalue weighted by molar-refractivity contribution is 5.89. The quantitative estimate of drug-likeness (QED) is 0.357. The zero-order chi connectivity index (χ0) is 22.2. The number of fused-ring (bicyclic) bond motifs is 1. The number of aromatic nitrogens is 1. The average molecular weight is 424 g/mol. The van der Waals surface area contributed by atoms with E-state index in [0.717, 1.165) is 42.1 Å². The van der Waals surface area contributed by atoms with Gasteiger partial charge in [-0.1, -0.05) is 56.5 Å². The summed E-state index contributed by atoms with van der Waals surface area (Å²) in [6, 6.07) is 15.7. The number of hydrogen-bond donors (Lipinski definition) is 0. The van der Waals surface area contributed by atoms with Crippen molar-refractivity contribution >= 4 is 10.9 Å². The number of rotatable bonds is 11. The lowest BCUT2D eigenvalue weighted by molar-refractivity contribution is 0.215. The van der Waals surface area contributed by atoms with Crippen molar-refractivity contribution < 1.29 is 14.2 Å². The fourth-order valence-electron chi connectivity index (χ4n) is 3.64. The third-order valence-corrected chi connectivity index (χ3v) is 5.20. The van der Waals surface area contributed by atoms with Gasteiger partial charge in [-0.15, -0.1) is 0 Å². The zero-order valence-electron chi connectivity index (χ0n) is 19.0. The van der Waals surface area contributed by atoms with Gasteiger partial charge in [0, 0.05) is 18.0 Å². The van der Waals surface area contributed by atoms with Crippen LogP contribution in [0.25, 0.3) is 10.9 Å². The Morgan fingerprint density at radius 2 is 1.74 bits per heavy atom. The number of ether oxygens (including phenoxy) is 3. The SMILES string of the molecule is CCCCCCn1c(=O)c(OC(C)C)c(OCc2ccccc2)c2ccc(OC)cc21. The van der Waals surface area contributed by atoms with E-state index in [-0.39, 0.29) is 17.4 Å². The molecule has 0 fully saturated rings. The maximum absolute atomic E-state index is 13.5. The van der Waals surface area contributed by atoms with Crippen LogP contribution in [0, 0.1) is 0 Å². The summed E-state index contributed by atoms with van der Waals surface area (Å²) in [6.45, 7) is 7.01. The number of aryl methyl sites for hydroxylation is 1. The van der Waals surface area contributed by atoms with Crippen molar-refractivity contribution in [2.45, 2.75) is 65.7 Å². The molecular weight excluding hydrogens is 390 g/mol. The van der Waals surface area contributed by atoms with Gasteiger partial charge in [-0.3, -0.25) is 4.79 Å². The van der Waals surface area contributed by atoms with Gasteiger partial charge in [-0.2, -0.15) is 0 Å². The molecular formula is C26H33NO4. The van der Waals surface area contributed by atoms with Crippen molar-refractivity contribution in [3.8, 4) is 17.2 Å². The lowest BCUT2D eigenvalue weighted by atomic mass is 10.1. The third-order valence-electron chi connectivity index (χ3n) is 5.20. The molecule has 0 bridgehead atoms. The van der Waals surface area contributed by atoms with Gasteiger partial charge >= 0.3 is 0 Å². The normalized spacial score (nSPS) is 11.1. The van der Waals surface area contributed by atoms with Crippen LogP contribution in [-0.2, 0) is 13.2 Å². The Bertz CT molecular complexity index is 1040. The van der Waals surface area contributed by atoms with Crippen LogP contribution >= 0.6 is 0 Å². The second-order valence-electron chi connectivity index (χ2n) is 8.00. The summed E-state index contributed by atoms with van der Waals surface area (Å²) in [5.74, 6) is 1.48. The molecule has 0 atom stereocenters. The molecule has 0 aliphatic heterocycles. The van der Waals surface area contributed by atoms with Crippen LogP contribution < -0.4 is 19.8 Å². The number of benzene rings is 2. The molecule has 5 nitrogen and oxygen atoms in total. The van der Waals surface area contributed by atoms with E-state index in [4.69, 9.17) is 14.2 Å². The van der Waals surface area contributed by atoms with Gasteiger partial charge in [0.15, 0.2) is 5.75 Å². The van der Waals surface area contributed by atoms with Gasteiger partial charge in [0.05, 0.1) is 18.7 Å². The van der Waals surface area contributed by atoms with Crippen molar-refractivity contribution in [1.29, 1.82) is 0 Å². The number of pyridine rings is 1. The first-order valence-electron chi connectivity index (χ1n) is 11.1. The summed E-state index contributed by atoms with van der Waals surface area (Å²) in [4.78, 5) is 13.5. The maximum Gasteiger partial charge on any atom is 0.297 e. The minimum absolute atomic E-state index is 0.143. The van der Waals surface area contributed by atoms with Gasteiger partial charge in [0.25, 0.3) is 5.56 Å².